The van der Waals surface area contributed by atoms with Crippen LogP contribution in [0.1, 0.15) is 10.4 Å². The molecule has 2 rings (SSSR count). The van der Waals surface area contributed by atoms with Crippen LogP contribution in [0.15, 0.2) is 47.6 Å². The van der Waals surface area contributed by atoms with Gasteiger partial charge in [0.1, 0.15) is 5.56 Å². The van der Waals surface area contributed by atoms with Crippen LogP contribution in [0.4, 0.5) is 0 Å². The summed E-state index contributed by atoms with van der Waals surface area (Å²) in [5, 5.41) is 1.36. The zero-order valence-electron chi connectivity index (χ0n) is 10.6. The van der Waals surface area contributed by atoms with Gasteiger partial charge in [0.25, 0.3) is 5.91 Å². The third kappa shape index (κ3) is 4.13. The lowest BCUT2D eigenvalue weighted by Crippen LogP contribution is -2.35. The number of nitrogens with two attached hydrogens (primary N) is 1. The predicted octanol–water partition coefficient (Wildman–Crippen LogP) is 3.17. The molecule has 0 aliphatic heterocycles. The number of carbonyl (C=O) groups is 1. The second-order valence-corrected chi connectivity index (χ2v) is 6.10. The molecule has 0 aliphatic rings. The van der Waals surface area contributed by atoms with E-state index in [2.05, 4.69) is 0 Å². The van der Waals surface area contributed by atoms with Crippen molar-refractivity contribution in [3.05, 3.63) is 58.3 Å². The molecule has 0 unspecified atom stereocenters. The Morgan fingerprint density at radius 3 is 2.85 bits per heavy atom. The van der Waals surface area contributed by atoms with E-state index in [1.807, 2.05) is 16.8 Å². The van der Waals surface area contributed by atoms with Crippen molar-refractivity contribution in [2.24, 2.45) is 5.73 Å². The van der Waals surface area contributed by atoms with Crippen molar-refractivity contribution in [2.75, 3.05) is 5.75 Å². The van der Waals surface area contributed by atoms with Crippen molar-refractivity contribution < 1.29 is 9.36 Å². The van der Waals surface area contributed by atoms with Crippen LogP contribution in [0, 0.1) is 0 Å². The summed E-state index contributed by atoms with van der Waals surface area (Å²) in [5.74, 6) is 0.386. The van der Waals surface area contributed by atoms with Gasteiger partial charge < -0.3 is 5.73 Å². The smallest absolute Gasteiger partial charge is 0.254 e. The highest BCUT2D eigenvalue weighted by atomic mass is 35.5. The van der Waals surface area contributed by atoms with E-state index in [1.54, 1.807) is 42.2 Å². The SMILES string of the molecule is NC(=O)c1ccc[n+](CCSc2cc(Cl)ccc2Cl)c1. The first-order valence-corrected chi connectivity index (χ1v) is 7.67. The first-order valence-electron chi connectivity index (χ1n) is 5.93. The number of halogens is 2. The number of amides is 1. The highest BCUT2D eigenvalue weighted by molar-refractivity contribution is 7.99. The van der Waals surface area contributed by atoms with E-state index in [9.17, 15) is 4.79 Å². The van der Waals surface area contributed by atoms with Gasteiger partial charge in [-0.3, -0.25) is 4.79 Å². The van der Waals surface area contributed by atoms with Gasteiger partial charge in [-0.05, 0) is 24.3 Å². The highest BCUT2D eigenvalue weighted by Gasteiger charge is 2.08. The van der Waals surface area contributed by atoms with E-state index >= 15 is 0 Å². The third-order valence-corrected chi connectivity index (χ3v) is 4.36. The van der Waals surface area contributed by atoms with Crippen LogP contribution in [0.3, 0.4) is 0 Å². The molecule has 0 atom stereocenters. The molecule has 1 aromatic carbocycles. The number of hydrogen-bond donors (Lipinski definition) is 1. The molecule has 0 saturated carbocycles. The molecule has 104 valence electrons. The molecule has 20 heavy (non-hydrogen) atoms. The lowest BCUT2D eigenvalue weighted by Gasteiger charge is -2.03. The minimum absolute atomic E-state index is 0.426. The monoisotopic (exact) mass is 327 g/mol. The van der Waals surface area contributed by atoms with Gasteiger partial charge in [-0.1, -0.05) is 23.2 Å². The maximum atomic E-state index is 11.1. The van der Waals surface area contributed by atoms with Gasteiger partial charge in [0.2, 0.25) is 0 Å². The summed E-state index contributed by atoms with van der Waals surface area (Å²) in [5.41, 5.74) is 5.75. The minimum atomic E-state index is -0.426. The Labute approximate surface area is 131 Å². The molecular formula is C14H13Cl2N2OS+. The van der Waals surface area contributed by atoms with E-state index in [-0.39, 0.29) is 0 Å². The van der Waals surface area contributed by atoms with Gasteiger partial charge in [0, 0.05) is 16.0 Å². The maximum absolute atomic E-state index is 11.1. The number of carbonyl (C=O) groups excluding carboxylic acids is 1. The molecule has 1 aromatic heterocycles. The van der Waals surface area contributed by atoms with Gasteiger partial charge >= 0.3 is 0 Å². The van der Waals surface area contributed by atoms with Crippen molar-refractivity contribution in [1.82, 2.24) is 0 Å². The van der Waals surface area contributed by atoms with E-state index in [1.165, 1.54) is 0 Å². The van der Waals surface area contributed by atoms with E-state index in [4.69, 9.17) is 28.9 Å². The highest BCUT2D eigenvalue weighted by Crippen LogP contribution is 2.29. The second-order valence-electron chi connectivity index (χ2n) is 4.12. The zero-order chi connectivity index (χ0) is 14.5. The fourth-order valence-corrected chi connectivity index (χ4v) is 3.11. The van der Waals surface area contributed by atoms with E-state index in [0.717, 1.165) is 17.2 Å². The minimum Gasteiger partial charge on any atom is -0.365 e. The molecule has 0 bridgehead atoms. The number of primary amides is 1. The van der Waals surface area contributed by atoms with Crippen LogP contribution in [0.2, 0.25) is 10.0 Å². The summed E-state index contributed by atoms with van der Waals surface area (Å²) in [6, 6.07) is 8.89. The second kappa shape index (κ2) is 6.97. The molecule has 0 spiro atoms. The average Bonchev–Trinajstić information content (AvgIpc) is 2.43. The fourth-order valence-electron chi connectivity index (χ4n) is 1.66. The number of pyridine rings is 1. The number of benzene rings is 1. The van der Waals surface area contributed by atoms with Crippen molar-refractivity contribution in [1.29, 1.82) is 0 Å². The first-order chi connectivity index (χ1) is 9.56. The van der Waals surface area contributed by atoms with Gasteiger partial charge in [0.05, 0.1) is 10.8 Å². The Morgan fingerprint density at radius 2 is 2.10 bits per heavy atom. The molecule has 0 aliphatic carbocycles. The largest absolute Gasteiger partial charge is 0.365 e. The summed E-state index contributed by atoms with van der Waals surface area (Å²) in [7, 11) is 0. The Morgan fingerprint density at radius 1 is 1.30 bits per heavy atom. The summed E-state index contributed by atoms with van der Waals surface area (Å²) < 4.78 is 1.92. The van der Waals surface area contributed by atoms with Crippen LogP contribution in [0.25, 0.3) is 0 Å². The van der Waals surface area contributed by atoms with Gasteiger partial charge in [-0.15, -0.1) is 11.8 Å². The first kappa shape index (κ1) is 15.2. The zero-order valence-corrected chi connectivity index (χ0v) is 12.9. The summed E-state index contributed by atoms with van der Waals surface area (Å²) >= 11 is 13.7. The quantitative estimate of drug-likeness (QED) is 0.677. The molecule has 0 saturated heterocycles. The number of hydrogen-bond acceptors (Lipinski definition) is 2. The topological polar surface area (TPSA) is 47.0 Å². The number of aryl methyl sites for hydroxylation is 1. The van der Waals surface area contributed by atoms with Crippen LogP contribution in [-0.4, -0.2) is 11.7 Å². The molecular weight excluding hydrogens is 315 g/mol. The third-order valence-electron chi connectivity index (χ3n) is 2.64. The van der Waals surface area contributed by atoms with Crippen molar-refractivity contribution in [3.63, 3.8) is 0 Å². The van der Waals surface area contributed by atoms with Crippen LogP contribution in [-0.2, 0) is 6.54 Å². The Kier molecular flexibility index (Phi) is 5.29. The molecule has 3 nitrogen and oxygen atoms in total. The van der Waals surface area contributed by atoms with Gasteiger partial charge in [-0.25, -0.2) is 4.57 Å². The lowest BCUT2D eigenvalue weighted by molar-refractivity contribution is -0.692. The normalized spacial score (nSPS) is 10.5. The lowest BCUT2D eigenvalue weighted by atomic mass is 10.3. The van der Waals surface area contributed by atoms with Crippen molar-refractivity contribution in [2.45, 2.75) is 11.4 Å². The van der Waals surface area contributed by atoms with Gasteiger partial charge in [0.15, 0.2) is 18.9 Å². The molecule has 2 N–H and O–H groups in total. The molecule has 2 aromatic rings. The fraction of sp³-hybridized carbons (Fsp3) is 0.143. The Balaban J connectivity index is 1.97. The standard InChI is InChI=1S/C14H12Cl2N2OS/c15-11-3-4-12(16)13(8-11)20-7-6-18-5-1-2-10(9-18)14(17)19/h1-5,8-9H,6-7H2,(H-,17,19)/p+1. The number of rotatable bonds is 5. The summed E-state index contributed by atoms with van der Waals surface area (Å²) in [4.78, 5) is 12.1. The Bertz CT molecular complexity index is 634. The molecule has 1 amide bonds. The van der Waals surface area contributed by atoms with E-state index in [0.29, 0.717) is 15.6 Å². The van der Waals surface area contributed by atoms with Crippen molar-refractivity contribution in [3.8, 4) is 0 Å². The van der Waals surface area contributed by atoms with E-state index < -0.39 is 5.91 Å². The molecule has 0 fully saturated rings. The molecule has 0 radical (unpaired) electrons. The Hall–Kier alpha value is -1.23. The molecule has 1 heterocycles. The van der Waals surface area contributed by atoms with Gasteiger partial charge in [-0.2, -0.15) is 0 Å². The average molecular weight is 328 g/mol. The van der Waals surface area contributed by atoms with Crippen LogP contribution in [0.5, 0.6) is 0 Å². The van der Waals surface area contributed by atoms with Crippen LogP contribution < -0.4 is 10.3 Å². The van der Waals surface area contributed by atoms with Crippen molar-refractivity contribution >= 4 is 40.9 Å². The number of aromatic nitrogens is 1. The number of thioether (sulfide) groups is 1. The number of nitrogens with zero attached hydrogens (tertiary/aromatic N) is 1. The van der Waals surface area contributed by atoms with Crippen LogP contribution >= 0.6 is 35.0 Å². The maximum Gasteiger partial charge on any atom is 0.254 e. The molecule has 6 heteroatoms. The summed E-state index contributed by atoms with van der Waals surface area (Å²) in [6.45, 7) is 0.745. The predicted molar refractivity (Wildman–Crippen MR) is 82.3 cm³/mol. The summed E-state index contributed by atoms with van der Waals surface area (Å²) in [6.07, 6.45) is 3.63.